The van der Waals surface area contributed by atoms with E-state index in [0.717, 1.165) is 22.0 Å². The van der Waals surface area contributed by atoms with E-state index in [9.17, 15) is 14.7 Å². The van der Waals surface area contributed by atoms with Crippen LogP contribution in [0.15, 0.2) is 51.8 Å². The first-order valence-electron chi connectivity index (χ1n) is 9.93. The highest BCUT2D eigenvalue weighted by molar-refractivity contribution is 5.89. The van der Waals surface area contributed by atoms with Gasteiger partial charge in [0.1, 0.15) is 11.3 Å². The first-order chi connectivity index (χ1) is 14.3. The quantitative estimate of drug-likeness (QED) is 0.440. The maximum absolute atomic E-state index is 12.6. The van der Waals surface area contributed by atoms with Crippen LogP contribution in [0.1, 0.15) is 29.2 Å². The monoisotopic (exact) mass is 404 g/mol. The summed E-state index contributed by atoms with van der Waals surface area (Å²) in [7, 11) is 0. The number of phenolic OH excluding ortho intramolecular Hbond substituents is 1. The molecule has 6 nitrogen and oxygen atoms in total. The Morgan fingerprint density at radius 1 is 1.23 bits per heavy atom. The fourth-order valence-electron chi connectivity index (χ4n) is 4.03. The molecule has 154 valence electrons. The van der Waals surface area contributed by atoms with Gasteiger partial charge in [0.15, 0.2) is 0 Å². The topological polar surface area (TPSA) is 95.3 Å². The molecule has 3 N–H and O–H groups in total. The third kappa shape index (κ3) is 3.68. The third-order valence-electron chi connectivity index (χ3n) is 5.45. The highest BCUT2D eigenvalue weighted by Gasteiger charge is 2.19. The molecule has 0 bridgehead atoms. The number of hydrogen-bond acceptors (Lipinski definition) is 4. The summed E-state index contributed by atoms with van der Waals surface area (Å²) in [5.74, 6) is -0.218. The lowest BCUT2D eigenvalue weighted by molar-refractivity contribution is -0.121. The molecule has 1 amide bonds. The molecule has 4 aromatic rings. The fraction of sp³-hybridized carbons (Fsp3) is 0.250. The summed E-state index contributed by atoms with van der Waals surface area (Å²) in [6, 6.07) is 11.2. The Hall–Kier alpha value is -3.54. The largest absolute Gasteiger partial charge is 0.507 e. The average molecular weight is 404 g/mol. The number of para-hydroxylation sites is 1. The number of aromatic nitrogens is 1. The van der Waals surface area contributed by atoms with E-state index >= 15 is 0 Å². The predicted octanol–water partition coefficient (Wildman–Crippen LogP) is 3.89. The van der Waals surface area contributed by atoms with Crippen LogP contribution in [0.2, 0.25) is 0 Å². The van der Waals surface area contributed by atoms with Gasteiger partial charge in [0, 0.05) is 23.1 Å². The Morgan fingerprint density at radius 2 is 2.00 bits per heavy atom. The second-order valence-corrected chi connectivity index (χ2v) is 7.86. The molecule has 0 radical (unpaired) electrons. The van der Waals surface area contributed by atoms with Gasteiger partial charge in [0.05, 0.1) is 17.4 Å². The number of phenols is 1. The molecule has 2 heterocycles. The maximum Gasteiger partial charge on any atom is 0.340 e. The minimum Gasteiger partial charge on any atom is -0.507 e. The van der Waals surface area contributed by atoms with Crippen molar-refractivity contribution in [3.05, 3.63) is 75.3 Å². The van der Waals surface area contributed by atoms with Crippen LogP contribution in [0, 0.1) is 13.8 Å². The molecule has 1 atom stereocenters. The molecule has 0 aliphatic heterocycles. The van der Waals surface area contributed by atoms with E-state index in [0.29, 0.717) is 23.0 Å². The molecule has 0 aliphatic carbocycles. The van der Waals surface area contributed by atoms with Crippen molar-refractivity contribution >= 4 is 27.8 Å². The van der Waals surface area contributed by atoms with Gasteiger partial charge in [-0.1, -0.05) is 18.2 Å². The highest BCUT2D eigenvalue weighted by atomic mass is 16.4. The van der Waals surface area contributed by atoms with Gasteiger partial charge in [0.25, 0.3) is 0 Å². The van der Waals surface area contributed by atoms with Crippen LogP contribution in [0.3, 0.4) is 0 Å². The van der Waals surface area contributed by atoms with Crippen molar-refractivity contribution in [2.24, 2.45) is 0 Å². The molecular formula is C24H24N2O4. The molecule has 1 unspecified atom stereocenters. The van der Waals surface area contributed by atoms with E-state index in [1.54, 1.807) is 19.1 Å². The van der Waals surface area contributed by atoms with Crippen molar-refractivity contribution in [2.45, 2.75) is 39.7 Å². The maximum atomic E-state index is 12.6. The van der Waals surface area contributed by atoms with Gasteiger partial charge in [-0.2, -0.15) is 0 Å². The number of fused-ring (bicyclic) bond motifs is 2. The Balaban J connectivity index is 1.52. The van der Waals surface area contributed by atoms with Crippen LogP contribution in [-0.2, 0) is 17.6 Å². The highest BCUT2D eigenvalue weighted by Crippen LogP contribution is 2.30. The van der Waals surface area contributed by atoms with Crippen LogP contribution in [-0.4, -0.2) is 22.0 Å². The van der Waals surface area contributed by atoms with Crippen molar-refractivity contribution < 1.29 is 14.3 Å². The lowest BCUT2D eigenvalue weighted by Crippen LogP contribution is -2.36. The molecule has 0 fully saturated rings. The van der Waals surface area contributed by atoms with Crippen molar-refractivity contribution in [2.75, 3.05) is 0 Å². The van der Waals surface area contributed by atoms with E-state index in [4.69, 9.17) is 4.42 Å². The zero-order valence-corrected chi connectivity index (χ0v) is 17.2. The van der Waals surface area contributed by atoms with Gasteiger partial charge in [-0.05, 0) is 62.1 Å². The van der Waals surface area contributed by atoms with Gasteiger partial charge >= 0.3 is 5.63 Å². The Labute approximate surface area is 173 Å². The minimum absolute atomic E-state index is 0.0422. The van der Waals surface area contributed by atoms with Gasteiger partial charge < -0.3 is 19.8 Å². The molecule has 2 aromatic carbocycles. The van der Waals surface area contributed by atoms with Crippen LogP contribution >= 0.6 is 0 Å². The number of hydrogen-bond donors (Lipinski definition) is 3. The SMILES string of the molecule is Cc1cc(O)c2c(C)c(CC(=O)NC(C)Cc3c[nH]c4ccccc34)c(=O)oc2c1. The smallest absolute Gasteiger partial charge is 0.340 e. The number of carbonyl (C=O) groups is 1. The third-order valence-corrected chi connectivity index (χ3v) is 5.45. The number of rotatable bonds is 5. The minimum atomic E-state index is -0.551. The van der Waals surface area contributed by atoms with E-state index < -0.39 is 5.63 Å². The molecule has 30 heavy (non-hydrogen) atoms. The Kier molecular flexibility index (Phi) is 5.08. The molecule has 0 saturated carbocycles. The number of aromatic hydroxyl groups is 1. The van der Waals surface area contributed by atoms with E-state index in [2.05, 4.69) is 10.3 Å². The summed E-state index contributed by atoms with van der Waals surface area (Å²) < 4.78 is 5.37. The van der Waals surface area contributed by atoms with Crippen LogP contribution < -0.4 is 10.9 Å². The van der Waals surface area contributed by atoms with E-state index in [-0.39, 0.29) is 29.7 Å². The molecule has 0 saturated heterocycles. The zero-order valence-electron chi connectivity index (χ0n) is 17.2. The van der Waals surface area contributed by atoms with Crippen molar-refractivity contribution in [3.8, 4) is 5.75 Å². The molecule has 2 aromatic heterocycles. The Morgan fingerprint density at radius 3 is 2.80 bits per heavy atom. The van der Waals surface area contributed by atoms with E-state index in [1.807, 2.05) is 44.3 Å². The lowest BCUT2D eigenvalue weighted by atomic mass is 10.0. The fourth-order valence-corrected chi connectivity index (χ4v) is 4.03. The average Bonchev–Trinajstić information content (AvgIpc) is 3.07. The van der Waals surface area contributed by atoms with Crippen molar-refractivity contribution in [1.82, 2.24) is 10.3 Å². The Bertz CT molecular complexity index is 1320. The number of H-pyrrole nitrogens is 1. The predicted molar refractivity (Wildman–Crippen MR) is 117 cm³/mol. The molecule has 6 heteroatoms. The van der Waals surface area contributed by atoms with Gasteiger partial charge in [-0.15, -0.1) is 0 Å². The van der Waals surface area contributed by atoms with E-state index in [1.165, 1.54) is 0 Å². The van der Waals surface area contributed by atoms with Crippen molar-refractivity contribution in [1.29, 1.82) is 0 Å². The molecule has 0 spiro atoms. The number of aromatic amines is 1. The summed E-state index contributed by atoms with van der Waals surface area (Å²) in [4.78, 5) is 28.3. The van der Waals surface area contributed by atoms with Crippen LogP contribution in [0.5, 0.6) is 5.75 Å². The standard InChI is InChI=1S/C24H24N2O4/c1-13-8-20(27)23-15(3)18(24(29)30-21(23)9-13)11-22(28)26-14(2)10-16-12-25-19-7-5-4-6-17(16)19/h4-9,12,14,25,27H,10-11H2,1-3H3,(H,26,28). The second-order valence-electron chi connectivity index (χ2n) is 7.86. The molecule has 0 aliphatic rings. The lowest BCUT2D eigenvalue weighted by Gasteiger charge is -2.14. The zero-order chi connectivity index (χ0) is 21.4. The molecule has 4 rings (SSSR count). The summed E-state index contributed by atoms with van der Waals surface area (Å²) >= 11 is 0. The first-order valence-corrected chi connectivity index (χ1v) is 9.93. The summed E-state index contributed by atoms with van der Waals surface area (Å²) in [6.07, 6.45) is 2.52. The molecular weight excluding hydrogens is 380 g/mol. The van der Waals surface area contributed by atoms with Gasteiger partial charge in [-0.25, -0.2) is 4.79 Å². The normalized spacial score (nSPS) is 12.4. The number of nitrogens with one attached hydrogen (secondary N) is 2. The number of carbonyl (C=O) groups excluding carboxylic acids is 1. The summed E-state index contributed by atoms with van der Waals surface area (Å²) in [6.45, 7) is 5.47. The van der Waals surface area contributed by atoms with Crippen LogP contribution in [0.4, 0.5) is 0 Å². The second kappa shape index (κ2) is 7.71. The number of amides is 1. The number of benzene rings is 2. The summed E-state index contributed by atoms with van der Waals surface area (Å²) in [5, 5.41) is 14.9. The van der Waals surface area contributed by atoms with Gasteiger partial charge in [-0.3, -0.25) is 4.79 Å². The van der Waals surface area contributed by atoms with Crippen LogP contribution in [0.25, 0.3) is 21.9 Å². The van der Waals surface area contributed by atoms with Gasteiger partial charge in [0.2, 0.25) is 5.91 Å². The first kappa shape index (κ1) is 19.8. The van der Waals surface area contributed by atoms with Crippen molar-refractivity contribution in [3.63, 3.8) is 0 Å². The summed E-state index contributed by atoms with van der Waals surface area (Å²) in [5.41, 5.74) is 3.58. The number of aryl methyl sites for hydroxylation is 2.